The van der Waals surface area contributed by atoms with E-state index in [2.05, 4.69) is 55.7 Å². The molecule has 0 spiro atoms. The Morgan fingerprint density at radius 2 is 2.00 bits per heavy atom. The van der Waals surface area contributed by atoms with Crippen molar-refractivity contribution in [3.05, 3.63) is 53.2 Å². The van der Waals surface area contributed by atoms with Gasteiger partial charge in [0.25, 0.3) is 0 Å². The van der Waals surface area contributed by atoms with Crippen LogP contribution in [0.4, 0.5) is 11.6 Å². The second-order valence-corrected chi connectivity index (χ2v) is 10.2. The lowest BCUT2D eigenvalue weighted by atomic mass is 10.1. The number of nitrogens with one attached hydrogen (secondary N) is 2. The van der Waals surface area contributed by atoms with Crippen molar-refractivity contribution in [2.45, 2.75) is 71.2 Å². The highest BCUT2D eigenvalue weighted by atomic mass is 16.5. The summed E-state index contributed by atoms with van der Waals surface area (Å²) in [6.07, 6.45) is 7.28. The Morgan fingerprint density at radius 1 is 1.13 bits per heavy atom. The monoisotopic (exact) mass is 538 g/mol. The van der Waals surface area contributed by atoms with E-state index in [0.717, 1.165) is 74.8 Å². The van der Waals surface area contributed by atoms with E-state index in [4.69, 9.17) is 9.72 Å². The third kappa shape index (κ3) is 8.61. The molecule has 0 unspecified atom stereocenters. The van der Waals surface area contributed by atoms with Crippen molar-refractivity contribution >= 4 is 11.6 Å². The van der Waals surface area contributed by atoms with Crippen molar-refractivity contribution in [2.75, 3.05) is 43.9 Å². The first-order valence-corrected chi connectivity index (χ1v) is 13.9. The highest BCUT2D eigenvalue weighted by Crippen LogP contribution is 2.20. The van der Waals surface area contributed by atoms with Gasteiger partial charge in [0.05, 0.1) is 37.8 Å². The minimum atomic E-state index is -1.53. The molecule has 11 heteroatoms. The summed E-state index contributed by atoms with van der Waals surface area (Å²) in [4.78, 5) is 15.6. The predicted octanol–water partition coefficient (Wildman–Crippen LogP) is 2.56. The summed E-state index contributed by atoms with van der Waals surface area (Å²) >= 11 is 0. The van der Waals surface area contributed by atoms with Crippen molar-refractivity contribution in [3.8, 4) is 5.88 Å². The van der Waals surface area contributed by atoms with Crippen LogP contribution in [0.3, 0.4) is 0 Å². The lowest BCUT2D eigenvalue weighted by Gasteiger charge is -2.27. The van der Waals surface area contributed by atoms with Crippen LogP contribution in [0.25, 0.3) is 0 Å². The van der Waals surface area contributed by atoms with Crippen molar-refractivity contribution in [1.82, 2.24) is 29.6 Å². The summed E-state index contributed by atoms with van der Waals surface area (Å²) in [5.41, 5.74) is 4.60. The molecule has 4 heterocycles. The summed E-state index contributed by atoms with van der Waals surface area (Å²) in [5, 5.41) is 31.2. The molecule has 39 heavy (non-hydrogen) atoms. The van der Waals surface area contributed by atoms with Gasteiger partial charge in [0.2, 0.25) is 5.88 Å². The van der Waals surface area contributed by atoms with Crippen molar-refractivity contribution in [1.29, 1.82) is 0 Å². The van der Waals surface area contributed by atoms with Crippen LogP contribution in [0.2, 0.25) is 0 Å². The highest BCUT2D eigenvalue weighted by Gasteiger charge is 2.19. The van der Waals surface area contributed by atoms with Gasteiger partial charge in [0.1, 0.15) is 11.6 Å². The number of fused-ring (bicyclic) bond motifs is 1. The second kappa shape index (κ2) is 14.2. The van der Waals surface area contributed by atoms with Gasteiger partial charge in [-0.3, -0.25) is 4.68 Å². The summed E-state index contributed by atoms with van der Waals surface area (Å²) < 4.78 is 7.09. The van der Waals surface area contributed by atoms with Gasteiger partial charge in [0.15, 0.2) is 6.29 Å². The van der Waals surface area contributed by atoms with Gasteiger partial charge in [-0.05, 0) is 76.6 Å². The van der Waals surface area contributed by atoms with Crippen LogP contribution >= 0.6 is 0 Å². The Balaban J connectivity index is 1.32. The molecular formula is C28H42N8O3. The van der Waals surface area contributed by atoms with Crippen LogP contribution in [0.15, 0.2) is 30.6 Å². The molecule has 4 rings (SSSR count). The van der Waals surface area contributed by atoms with Crippen molar-refractivity contribution < 1.29 is 14.9 Å². The molecule has 3 aromatic rings. The molecule has 0 aliphatic carbocycles. The van der Waals surface area contributed by atoms with E-state index < -0.39 is 12.3 Å². The minimum absolute atomic E-state index is 0.402. The molecule has 1 atom stereocenters. The smallest absolute Gasteiger partial charge is 0.232 e. The Hall–Kier alpha value is -3.28. The quantitative estimate of drug-likeness (QED) is 0.169. The van der Waals surface area contributed by atoms with Gasteiger partial charge in [0, 0.05) is 31.0 Å². The molecule has 0 bridgehead atoms. The summed E-state index contributed by atoms with van der Waals surface area (Å²) in [6, 6.07) is 5.87. The largest absolute Gasteiger partial charge is 0.480 e. The number of aliphatic hydroxyl groups is 2. The second-order valence-electron chi connectivity index (χ2n) is 10.2. The first-order valence-electron chi connectivity index (χ1n) is 13.9. The number of unbranched alkanes of at least 4 members (excludes halogenated alkanes) is 1. The number of aromatic nitrogens is 5. The third-order valence-corrected chi connectivity index (χ3v) is 7.13. The van der Waals surface area contributed by atoms with E-state index in [-0.39, 0.29) is 0 Å². The number of hydrogen-bond donors (Lipinski definition) is 4. The Morgan fingerprint density at radius 3 is 2.72 bits per heavy atom. The number of aryl methyl sites for hydroxylation is 4. The molecule has 11 nitrogen and oxygen atoms in total. The number of aliphatic hydroxyl groups excluding tert-OH is 1. The molecule has 0 aromatic carbocycles. The van der Waals surface area contributed by atoms with E-state index >= 15 is 0 Å². The fourth-order valence-electron chi connectivity index (χ4n) is 4.93. The summed E-state index contributed by atoms with van der Waals surface area (Å²) in [7, 11) is 1.53. The van der Waals surface area contributed by atoms with Crippen molar-refractivity contribution in [2.24, 2.45) is 0 Å². The molecule has 1 aliphatic heterocycles. The molecule has 0 saturated heterocycles. The molecule has 0 radical (unpaired) electrons. The number of anilines is 2. The number of nitrogens with zero attached hydrogens (tertiary/aromatic N) is 6. The maximum atomic E-state index is 10.0. The van der Waals surface area contributed by atoms with Gasteiger partial charge in [-0.1, -0.05) is 6.07 Å². The minimum Gasteiger partial charge on any atom is -0.480 e. The normalized spacial score (nSPS) is 13.8. The lowest BCUT2D eigenvalue weighted by Crippen LogP contribution is -2.39. The molecule has 0 fully saturated rings. The zero-order chi connectivity index (χ0) is 27.6. The topological polar surface area (TPSA) is 133 Å². The predicted molar refractivity (Wildman–Crippen MR) is 151 cm³/mol. The maximum Gasteiger partial charge on any atom is 0.232 e. The SMILES string of the molecule is COc1cnc(N[C@@H](CCN(CCCCc2ccc3c(n2)NCCC3)CCn2nc(C)cc2C)C(O)O)cn1. The fraction of sp³-hybridized carbons (Fsp3) is 0.571. The molecule has 0 amide bonds. The number of methoxy groups -OCH3 is 1. The number of rotatable bonds is 15. The van der Waals surface area contributed by atoms with E-state index in [1.165, 1.54) is 31.5 Å². The molecule has 212 valence electrons. The Labute approximate surface area is 230 Å². The van der Waals surface area contributed by atoms with E-state index in [0.29, 0.717) is 24.7 Å². The molecule has 1 aliphatic rings. The molecule has 3 aromatic heterocycles. The highest BCUT2D eigenvalue weighted by molar-refractivity contribution is 5.47. The van der Waals surface area contributed by atoms with Crippen LogP contribution in [-0.4, -0.2) is 85.5 Å². The first kappa shape index (κ1) is 28.7. The zero-order valence-electron chi connectivity index (χ0n) is 23.3. The van der Waals surface area contributed by atoms with Gasteiger partial charge >= 0.3 is 0 Å². The van der Waals surface area contributed by atoms with Gasteiger partial charge in [-0.15, -0.1) is 0 Å². The number of hydrogen-bond acceptors (Lipinski definition) is 10. The third-order valence-electron chi connectivity index (χ3n) is 7.13. The van der Waals surface area contributed by atoms with Crippen molar-refractivity contribution in [3.63, 3.8) is 0 Å². The first-order chi connectivity index (χ1) is 18.9. The van der Waals surface area contributed by atoms with Crippen LogP contribution in [-0.2, 0) is 19.4 Å². The van der Waals surface area contributed by atoms with Crippen LogP contribution in [0, 0.1) is 13.8 Å². The molecule has 0 saturated carbocycles. The maximum absolute atomic E-state index is 10.0. The molecule has 4 N–H and O–H groups in total. The van der Waals surface area contributed by atoms with E-state index in [9.17, 15) is 10.2 Å². The van der Waals surface area contributed by atoms with Crippen LogP contribution in [0.1, 0.15) is 48.3 Å². The fourth-order valence-corrected chi connectivity index (χ4v) is 4.93. The number of ether oxygens (including phenoxy) is 1. The Bertz CT molecular complexity index is 1170. The van der Waals surface area contributed by atoms with Gasteiger partial charge in [-0.2, -0.15) is 5.10 Å². The van der Waals surface area contributed by atoms with E-state index in [1.54, 1.807) is 0 Å². The standard InChI is InChI=1S/C28H42N8O3/c1-20-17-21(2)36(34-20)16-15-35(13-5-4-8-23-10-9-22-7-6-12-29-27(22)32-23)14-11-24(28(37)38)33-25-18-31-26(39-3)19-30-25/h9-10,17-19,24,28,37-38H,4-8,11-16H2,1-3H3,(H,29,32)(H,30,33)/t24-/m0/s1. The number of pyridine rings is 1. The summed E-state index contributed by atoms with van der Waals surface area (Å²) in [5.74, 6) is 1.92. The Kier molecular flexibility index (Phi) is 10.5. The van der Waals surface area contributed by atoms with Crippen LogP contribution in [0.5, 0.6) is 5.88 Å². The van der Waals surface area contributed by atoms with E-state index in [1.807, 2.05) is 11.6 Å². The van der Waals surface area contributed by atoms with Crippen LogP contribution < -0.4 is 15.4 Å². The van der Waals surface area contributed by atoms with Gasteiger partial charge in [-0.25, -0.2) is 15.0 Å². The average Bonchev–Trinajstić information content (AvgIpc) is 3.27. The average molecular weight is 539 g/mol. The lowest BCUT2D eigenvalue weighted by molar-refractivity contribution is -0.0560. The summed E-state index contributed by atoms with van der Waals surface area (Å²) in [6.45, 7) is 8.27. The zero-order valence-corrected chi connectivity index (χ0v) is 23.3. The van der Waals surface area contributed by atoms with Gasteiger partial charge < -0.3 is 30.5 Å². The molecular weight excluding hydrogens is 496 g/mol.